The summed E-state index contributed by atoms with van der Waals surface area (Å²) in [5.41, 5.74) is 4.49. The summed E-state index contributed by atoms with van der Waals surface area (Å²) in [5.74, 6) is 1.56. The second-order valence-corrected chi connectivity index (χ2v) is 8.72. The third-order valence-corrected chi connectivity index (χ3v) is 6.32. The number of hydrogen-bond acceptors (Lipinski definition) is 5. The highest BCUT2D eigenvalue weighted by Crippen LogP contribution is 2.29. The van der Waals surface area contributed by atoms with Crippen molar-refractivity contribution in [2.24, 2.45) is 5.92 Å². The third kappa shape index (κ3) is 4.76. The van der Waals surface area contributed by atoms with Crippen molar-refractivity contribution in [3.8, 4) is 17.0 Å². The number of nitrogens with one attached hydrogen (secondary N) is 1. The lowest BCUT2D eigenvalue weighted by molar-refractivity contribution is 0.182. The van der Waals surface area contributed by atoms with Crippen molar-refractivity contribution < 1.29 is 5.11 Å². The quantitative estimate of drug-likeness (QED) is 0.456. The first-order valence-electron chi connectivity index (χ1n) is 11.3. The Morgan fingerprint density at radius 1 is 1.03 bits per heavy atom. The van der Waals surface area contributed by atoms with Gasteiger partial charge in [0.2, 0.25) is 0 Å². The van der Waals surface area contributed by atoms with Gasteiger partial charge >= 0.3 is 0 Å². The highest BCUT2D eigenvalue weighted by molar-refractivity contribution is 6.36. The molecule has 0 atom stereocenters. The van der Waals surface area contributed by atoms with E-state index in [1.807, 2.05) is 30.3 Å². The van der Waals surface area contributed by atoms with Crippen LogP contribution in [-0.2, 0) is 6.54 Å². The molecule has 1 saturated heterocycles. The van der Waals surface area contributed by atoms with Gasteiger partial charge in [-0.2, -0.15) is 9.61 Å². The van der Waals surface area contributed by atoms with Crippen LogP contribution in [0.2, 0.25) is 0 Å². The molecule has 162 valence electrons. The summed E-state index contributed by atoms with van der Waals surface area (Å²) in [6, 6.07) is 17.2. The van der Waals surface area contributed by atoms with Gasteiger partial charge in [0.1, 0.15) is 27.3 Å². The number of phenols is 1. The molecule has 0 saturated carbocycles. The normalized spacial score (nSPS) is 15.2. The van der Waals surface area contributed by atoms with Crippen molar-refractivity contribution in [1.82, 2.24) is 19.5 Å². The summed E-state index contributed by atoms with van der Waals surface area (Å²) in [6.45, 7) is 3.90. The Kier molecular flexibility index (Phi) is 6.09. The summed E-state index contributed by atoms with van der Waals surface area (Å²) >= 11 is 0. The molecule has 2 aromatic carbocycles. The van der Waals surface area contributed by atoms with Crippen LogP contribution in [0.3, 0.4) is 0 Å². The number of phenolic OH excluding ortho intramolecular Hbond substituents is 1. The summed E-state index contributed by atoms with van der Waals surface area (Å²) in [4.78, 5) is 7.12. The van der Waals surface area contributed by atoms with E-state index in [2.05, 4.69) is 32.4 Å². The molecule has 2 N–H and O–H groups in total. The molecule has 2 aromatic heterocycles. The highest BCUT2D eigenvalue weighted by Gasteiger charge is 2.20. The maximum absolute atomic E-state index is 10.3. The summed E-state index contributed by atoms with van der Waals surface area (Å²) < 4.78 is 1.73. The van der Waals surface area contributed by atoms with Gasteiger partial charge in [-0.05, 0) is 55.0 Å². The van der Waals surface area contributed by atoms with Gasteiger partial charge in [0.25, 0.3) is 0 Å². The van der Waals surface area contributed by atoms with Crippen molar-refractivity contribution in [1.29, 1.82) is 0 Å². The first-order valence-corrected chi connectivity index (χ1v) is 11.3. The van der Waals surface area contributed by atoms with Gasteiger partial charge in [0.05, 0.1) is 5.69 Å². The smallest absolute Gasteiger partial charge is 0.150 e. The molecule has 1 aliphatic heterocycles. The number of hydrogen-bond donors (Lipinski definition) is 2. The molecule has 1 fully saturated rings. The zero-order chi connectivity index (χ0) is 22.8. The van der Waals surface area contributed by atoms with Crippen molar-refractivity contribution in [3.63, 3.8) is 0 Å². The van der Waals surface area contributed by atoms with E-state index in [1.165, 1.54) is 5.56 Å². The number of aromatic nitrogens is 3. The first kappa shape index (κ1) is 21.6. The van der Waals surface area contributed by atoms with E-state index in [9.17, 15) is 5.11 Å². The minimum absolute atomic E-state index is 0.186. The number of nitrogens with zero attached hydrogens (tertiary/aromatic N) is 4. The predicted octanol–water partition coefficient (Wildman–Crippen LogP) is 2.01. The first-order chi connectivity index (χ1) is 16.1. The van der Waals surface area contributed by atoms with E-state index in [0.717, 1.165) is 50.3 Å². The molecule has 4 aromatic rings. The minimum atomic E-state index is 0.186. The zero-order valence-corrected chi connectivity index (χ0v) is 18.5. The van der Waals surface area contributed by atoms with Gasteiger partial charge < -0.3 is 10.4 Å². The van der Waals surface area contributed by atoms with Crippen LogP contribution in [0.5, 0.6) is 5.75 Å². The monoisotopic (exact) mass is 433 g/mol. The van der Waals surface area contributed by atoms with Crippen LogP contribution in [-0.4, -0.2) is 59.9 Å². The fraction of sp³-hybridized carbons (Fsp3) is 0.280. The van der Waals surface area contributed by atoms with Crippen LogP contribution in [0.1, 0.15) is 18.4 Å². The fourth-order valence-corrected chi connectivity index (χ4v) is 4.48. The Morgan fingerprint density at radius 3 is 2.64 bits per heavy atom. The van der Waals surface area contributed by atoms with E-state index < -0.39 is 0 Å². The molecule has 0 aliphatic carbocycles. The number of likely N-dealkylation sites (tertiary alicyclic amines) is 1. The van der Waals surface area contributed by atoms with Gasteiger partial charge in [-0.15, -0.1) is 0 Å². The number of aromatic hydroxyl groups is 1. The van der Waals surface area contributed by atoms with E-state index in [-0.39, 0.29) is 5.75 Å². The lowest BCUT2D eigenvalue weighted by Gasteiger charge is -2.32. The van der Waals surface area contributed by atoms with Crippen LogP contribution in [0.15, 0.2) is 60.8 Å². The number of fused-ring (bicyclic) bond motifs is 1. The average molecular weight is 433 g/mol. The second kappa shape index (κ2) is 9.32. The third-order valence-electron chi connectivity index (χ3n) is 6.32. The van der Waals surface area contributed by atoms with E-state index in [4.69, 9.17) is 15.7 Å². The predicted molar refractivity (Wildman–Crippen MR) is 134 cm³/mol. The maximum Gasteiger partial charge on any atom is 0.150 e. The highest BCUT2D eigenvalue weighted by atomic mass is 16.3. The molecule has 1 aliphatic rings. The van der Waals surface area contributed by atoms with Crippen LogP contribution < -0.4 is 16.2 Å². The Bertz CT molecular complexity index is 1270. The van der Waals surface area contributed by atoms with Crippen LogP contribution in [0, 0.1) is 5.92 Å². The van der Waals surface area contributed by atoms with Gasteiger partial charge in [-0.25, -0.2) is 4.98 Å². The minimum Gasteiger partial charge on any atom is -0.507 e. The molecule has 3 heterocycles. The lowest BCUT2D eigenvalue weighted by Crippen LogP contribution is -2.35. The summed E-state index contributed by atoms with van der Waals surface area (Å²) in [7, 11) is 12.0. The molecular weight excluding hydrogens is 408 g/mol. The Balaban J connectivity index is 1.27. The average Bonchev–Trinajstić information content (AvgIpc) is 3.19. The van der Waals surface area contributed by atoms with Crippen LogP contribution in [0.25, 0.3) is 16.9 Å². The van der Waals surface area contributed by atoms with Crippen molar-refractivity contribution in [2.75, 3.05) is 25.0 Å². The summed E-state index contributed by atoms with van der Waals surface area (Å²) in [6.07, 6.45) is 3.85. The number of rotatable bonds is 6. The van der Waals surface area contributed by atoms with Crippen LogP contribution >= 0.6 is 0 Å². The Hall–Kier alpha value is -3.25. The number of para-hydroxylation sites is 1. The molecule has 6 nitrogen and oxygen atoms in total. The molecule has 0 bridgehead atoms. The molecular formula is C25H25B2N5O. The fourth-order valence-electron chi connectivity index (χ4n) is 4.48. The standard InChI is InChI=1S/C25H25B2N5O/c26-19-5-3-4-18(12-19)16-31-10-8-17(9-11-31)14-28-24-13-22(20-6-1-2-7-23(20)33)30-25-21(27)15-29-32(24)25/h1-7,12-13,15,17,28,33H,8-11,14,16H2. The van der Waals surface area contributed by atoms with Gasteiger partial charge in [-0.3, -0.25) is 4.90 Å². The van der Waals surface area contributed by atoms with Crippen molar-refractivity contribution in [2.45, 2.75) is 19.4 Å². The Labute approximate surface area is 196 Å². The zero-order valence-electron chi connectivity index (χ0n) is 18.5. The van der Waals surface area contributed by atoms with E-state index >= 15 is 0 Å². The molecule has 8 heteroatoms. The van der Waals surface area contributed by atoms with E-state index in [1.54, 1.807) is 22.8 Å². The maximum atomic E-state index is 10.3. The number of piperidine rings is 1. The number of benzene rings is 2. The molecule has 0 spiro atoms. The van der Waals surface area contributed by atoms with Crippen molar-refractivity contribution in [3.05, 3.63) is 66.4 Å². The molecule has 4 radical (unpaired) electrons. The van der Waals surface area contributed by atoms with Crippen molar-refractivity contribution >= 4 is 38.1 Å². The van der Waals surface area contributed by atoms with Crippen LogP contribution in [0.4, 0.5) is 5.82 Å². The van der Waals surface area contributed by atoms with E-state index in [0.29, 0.717) is 28.3 Å². The molecule has 33 heavy (non-hydrogen) atoms. The second-order valence-electron chi connectivity index (χ2n) is 8.72. The Morgan fingerprint density at radius 2 is 1.85 bits per heavy atom. The van der Waals surface area contributed by atoms with Gasteiger partial charge in [-0.1, -0.05) is 41.9 Å². The lowest BCUT2D eigenvalue weighted by atomic mass is 9.93. The summed E-state index contributed by atoms with van der Waals surface area (Å²) in [5, 5.41) is 18.3. The molecule has 0 amide bonds. The van der Waals surface area contributed by atoms with Gasteiger partial charge in [0.15, 0.2) is 5.65 Å². The van der Waals surface area contributed by atoms with Gasteiger partial charge in [0, 0.05) is 30.9 Å². The molecule has 5 rings (SSSR count). The topological polar surface area (TPSA) is 65.7 Å². The number of anilines is 1. The SMILES string of the molecule is [B]c1cccc(CN2CCC(CNc3cc(-c4ccccc4O)nc4c([B])cnn34)CC2)c1. The molecule has 0 unspecified atom stereocenters. The largest absolute Gasteiger partial charge is 0.507 e.